The Morgan fingerprint density at radius 3 is 3.05 bits per heavy atom. The standard InChI is InChI=1S/C14H22N4O2/c1-2-17-7-3-4-12(9-17)16-13(19)10-18-8-11(15)5-6-14(18)20/h5-6,8,12H,2-4,7,9-10,15H2,1H3,(H,16,19). The molecule has 0 aromatic carbocycles. The van der Waals surface area contributed by atoms with Gasteiger partial charge in [-0.15, -0.1) is 0 Å². The maximum absolute atomic E-state index is 12.0. The second-order valence-corrected chi connectivity index (χ2v) is 5.23. The predicted molar refractivity (Wildman–Crippen MR) is 78.4 cm³/mol. The molecule has 1 saturated heterocycles. The second-order valence-electron chi connectivity index (χ2n) is 5.23. The van der Waals surface area contributed by atoms with Gasteiger partial charge in [0.05, 0.1) is 0 Å². The van der Waals surface area contributed by atoms with E-state index in [4.69, 9.17) is 5.73 Å². The number of hydrogen-bond donors (Lipinski definition) is 2. The third-order valence-corrected chi connectivity index (χ3v) is 3.64. The van der Waals surface area contributed by atoms with Gasteiger partial charge >= 0.3 is 0 Å². The monoisotopic (exact) mass is 278 g/mol. The molecule has 0 radical (unpaired) electrons. The van der Waals surface area contributed by atoms with Crippen LogP contribution in [0.5, 0.6) is 0 Å². The van der Waals surface area contributed by atoms with Crippen molar-refractivity contribution in [1.82, 2.24) is 14.8 Å². The van der Waals surface area contributed by atoms with Crippen LogP contribution < -0.4 is 16.6 Å². The molecule has 0 saturated carbocycles. The summed E-state index contributed by atoms with van der Waals surface area (Å²) in [5.41, 5.74) is 5.89. The molecule has 6 heteroatoms. The minimum Gasteiger partial charge on any atom is -0.398 e. The summed E-state index contributed by atoms with van der Waals surface area (Å²) in [5.74, 6) is -0.138. The summed E-state index contributed by atoms with van der Waals surface area (Å²) in [6.45, 7) is 5.12. The topological polar surface area (TPSA) is 80.4 Å². The molecule has 0 aliphatic carbocycles. The highest BCUT2D eigenvalue weighted by atomic mass is 16.2. The molecule has 2 rings (SSSR count). The number of amides is 1. The van der Waals surface area contributed by atoms with Gasteiger partial charge in [0, 0.05) is 30.5 Å². The lowest BCUT2D eigenvalue weighted by atomic mass is 10.1. The van der Waals surface area contributed by atoms with Gasteiger partial charge in [0.2, 0.25) is 5.91 Å². The van der Waals surface area contributed by atoms with Crippen LogP contribution in [0.3, 0.4) is 0 Å². The number of piperidine rings is 1. The Balaban J connectivity index is 1.92. The van der Waals surface area contributed by atoms with Crippen molar-refractivity contribution in [3.05, 3.63) is 28.7 Å². The van der Waals surface area contributed by atoms with Crippen molar-refractivity contribution >= 4 is 11.6 Å². The Morgan fingerprint density at radius 1 is 1.50 bits per heavy atom. The van der Waals surface area contributed by atoms with Gasteiger partial charge < -0.3 is 20.5 Å². The van der Waals surface area contributed by atoms with Crippen LogP contribution in [0.25, 0.3) is 0 Å². The zero-order chi connectivity index (χ0) is 14.5. The number of anilines is 1. The number of rotatable bonds is 4. The first-order chi connectivity index (χ1) is 9.58. The molecule has 110 valence electrons. The molecule has 1 unspecified atom stereocenters. The minimum absolute atomic E-state index is 0.0203. The molecule has 1 atom stereocenters. The van der Waals surface area contributed by atoms with Crippen LogP contribution in [-0.2, 0) is 11.3 Å². The fourth-order valence-corrected chi connectivity index (χ4v) is 2.56. The lowest BCUT2D eigenvalue weighted by Crippen LogP contribution is -2.48. The molecule has 1 fully saturated rings. The Labute approximate surface area is 118 Å². The number of likely N-dealkylation sites (N-methyl/N-ethyl adjacent to an activating group) is 1. The Kier molecular flexibility index (Phi) is 4.79. The predicted octanol–water partition coefficient (Wildman–Crippen LogP) is 0.0310. The third-order valence-electron chi connectivity index (χ3n) is 3.64. The minimum atomic E-state index is -0.215. The van der Waals surface area contributed by atoms with Crippen molar-refractivity contribution in [3.63, 3.8) is 0 Å². The fourth-order valence-electron chi connectivity index (χ4n) is 2.56. The number of carbonyl (C=O) groups excluding carboxylic acids is 1. The normalized spacial score (nSPS) is 19.8. The highest BCUT2D eigenvalue weighted by molar-refractivity contribution is 5.76. The maximum atomic E-state index is 12.0. The first-order valence-electron chi connectivity index (χ1n) is 7.06. The van der Waals surface area contributed by atoms with E-state index in [0.717, 1.165) is 32.5 Å². The van der Waals surface area contributed by atoms with Gasteiger partial charge in [0.1, 0.15) is 6.54 Å². The van der Waals surface area contributed by atoms with Crippen LogP contribution in [0.2, 0.25) is 0 Å². The number of pyridine rings is 1. The van der Waals surface area contributed by atoms with Crippen LogP contribution in [0.1, 0.15) is 19.8 Å². The van der Waals surface area contributed by atoms with Crippen molar-refractivity contribution in [2.45, 2.75) is 32.4 Å². The van der Waals surface area contributed by atoms with Crippen molar-refractivity contribution < 1.29 is 4.79 Å². The second kappa shape index (κ2) is 6.56. The zero-order valence-electron chi connectivity index (χ0n) is 11.8. The molecular formula is C14H22N4O2. The number of hydrogen-bond acceptors (Lipinski definition) is 4. The van der Waals surface area contributed by atoms with E-state index in [1.165, 1.54) is 22.9 Å². The number of nitrogens with one attached hydrogen (secondary N) is 1. The molecular weight excluding hydrogens is 256 g/mol. The lowest BCUT2D eigenvalue weighted by Gasteiger charge is -2.32. The zero-order valence-corrected chi connectivity index (χ0v) is 11.8. The van der Waals surface area contributed by atoms with E-state index in [1.807, 2.05) is 0 Å². The summed E-state index contributed by atoms with van der Waals surface area (Å²) < 4.78 is 1.34. The van der Waals surface area contributed by atoms with Crippen LogP contribution in [-0.4, -0.2) is 41.1 Å². The van der Waals surface area contributed by atoms with Crippen molar-refractivity contribution in [1.29, 1.82) is 0 Å². The Hall–Kier alpha value is -1.82. The van der Waals surface area contributed by atoms with Crippen molar-refractivity contribution in [2.75, 3.05) is 25.4 Å². The Bertz CT molecular complexity index is 526. The van der Waals surface area contributed by atoms with Crippen LogP contribution in [0.4, 0.5) is 5.69 Å². The van der Waals surface area contributed by atoms with Gasteiger partial charge in [-0.2, -0.15) is 0 Å². The van der Waals surface area contributed by atoms with Crippen molar-refractivity contribution in [3.8, 4) is 0 Å². The molecule has 1 aliphatic rings. The molecule has 1 aliphatic heterocycles. The number of carbonyl (C=O) groups is 1. The lowest BCUT2D eigenvalue weighted by molar-refractivity contribution is -0.122. The SMILES string of the molecule is CCN1CCCC(NC(=O)Cn2cc(N)ccc2=O)C1. The smallest absolute Gasteiger partial charge is 0.251 e. The van der Waals surface area contributed by atoms with E-state index in [1.54, 1.807) is 0 Å². The van der Waals surface area contributed by atoms with E-state index in [2.05, 4.69) is 17.1 Å². The summed E-state index contributed by atoms with van der Waals surface area (Å²) in [7, 11) is 0. The molecule has 1 aromatic rings. The summed E-state index contributed by atoms with van der Waals surface area (Å²) in [6, 6.07) is 3.09. The van der Waals surface area contributed by atoms with E-state index < -0.39 is 0 Å². The van der Waals surface area contributed by atoms with Crippen LogP contribution in [0, 0.1) is 0 Å². The molecule has 0 bridgehead atoms. The quantitative estimate of drug-likeness (QED) is 0.814. The average Bonchev–Trinajstić information content (AvgIpc) is 2.43. The molecule has 20 heavy (non-hydrogen) atoms. The first-order valence-corrected chi connectivity index (χ1v) is 7.06. The summed E-state index contributed by atoms with van der Waals surface area (Å²) in [4.78, 5) is 25.9. The maximum Gasteiger partial charge on any atom is 0.251 e. The molecule has 6 nitrogen and oxygen atoms in total. The highest BCUT2D eigenvalue weighted by Gasteiger charge is 2.20. The van der Waals surface area contributed by atoms with Gasteiger partial charge in [0.25, 0.3) is 5.56 Å². The van der Waals surface area contributed by atoms with E-state index >= 15 is 0 Å². The number of aromatic nitrogens is 1. The number of nitrogens with two attached hydrogens (primary N) is 1. The molecule has 0 spiro atoms. The van der Waals surface area contributed by atoms with Gasteiger partial charge in [-0.3, -0.25) is 9.59 Å². The van der Waals surface area contributed by atoms with E-state index in [-0.39, 0.29) is 24.1 Å². The highest BCUT2D eigenvalue weighted by Crippen LogP contribution is 2.09. The van der Waals surface area contributed by atoms with E-state index in [9.17, 15) is 9.59 Å². The number of nitrogens with zero attached hydrogens (tertiary/aromatic N) is 2. The first kappa shape index (κ1) is 14.6. The Morgan fingerprint density at radius 2 is 2.30 bits per heavy atom. The summed E-state index contributed by atoms with van der Waals surface area (Å²) in [5, 5.41) is 3.00. The van der Waals surface area contributed by atoms with Gasteiger partial charge in [-0.25, -0.2) is 0 Å². The number of likely N-dealkylation sites (tertiary alicyclic amines) is 1. The van der Waals surface area contributed by atoms with E-state index in [0.29, 0.717) is 5.69 Å². The van der Waals surface area contributed by atoms with Crippen LogP contribution in [0.15, 0.2) is 23.1 Å². The summed E-state index contributed by atoms with van der Waals surface area (Å²) >= 11 is 0. The average molecular weight is 278 g/mol. The van der Waals surface area contributed by atoms with Gasteiger partial charge in [0.15, 0.2) is 0 Å². The molecule has 1 aromatic heterocycles. The molecule has 1 amide bonds. The van der Waals surface area contributed by atoms with Gasteiger partial charge in [-0.1, -0.05) is 6.92 Å². The summed E-state index contributed by atoms with van der Waals surface area (Å²) in [6.07, 6.45) is 3.59. The van der Waals surface area contributed by atoms with Crippen LogP contribution >= 0.6 is 0 Å². The molecule has 2 heterocycles. The fraction of sp³-hybridized carbons (Fsp3) is 0.571. The van der Waals surface area contributed by atoms with Crippen molar-refractivity contribution in [2.24, 2.45) is 0 Å². The third kappa shape index (κ3) is 3.84. The van der Waals surface area contributed by atoms with Gasteiger partial charge in [-0.05, 0) is 32.0 Å². The largest absolute Gasteiger partial charge is 0.398 e. The number of nitrogen functional groups attached to an aromatic ring is 1. The molecule has 3 N–H and O–H groups in total.